The van der Waals surface area contributed by atoms with Crippen LogP contribution in [0, 0.1) is 5.82 Å². The second-order valence-electron chi connectivity index (χ2n) is 6.07. The van der Waals surface area contributed by atoms with Gasteiger partial charge in [0.25, 0.3) is 10.0 Å². The van der Waals surface area contributed by atoms with Gasteiger partial charge in [-0.15, -0.1) is 11.3 Å². The number of carboxylic acid groups (broad SMARTS) is 1. The van der Waals surface area contributed by atoms with Crippen LogP contribution in [-0.4, -0.2) is 34.3 Å². The third-order valence-electron chi connectivity index (χ3n) is 4.02. The molecule has 0 aliphatic rings. The molecule has 0 amide bonds. The van der Waals surface area contributed by atoms with Gasteiger partial charge in [0.15, 0.2) is 10.7 Å². The van der Waals surface area contributed by atoms with Crippen molar-refractivity contribution >= 4 is 33.1 Å². The molecule has 30 heavy (non-hydrogen) atoms. The van der Waals surface area contributed by atoms with Crippen LogP contribution in [0.3, 0.4) is 0 Å². The van der Waals surface area contributed by atoms with E-state index in [9.17, 15) is 22.7 Å². The predicted molar refractivity (Wildman–Crippen MR) is 109 cm³/mol. The van der Waals surface area contributed by atoms with Crippen molar-refractivity contribution in [2.75, 3.05) is 4.72 Å². The topological polar surface area (TPSA) is 114 Å². The third-order valence-corrected chi connectivity index (χ3v) is 6.30. The average molecular weight is 444 g/mol. The zero-order valence-corrected chi connectivity index (χ0v) is 16.7. The van der Waals surface area contributed by atoms with Crippen LogP contribution in [0.5, 0.6) is 0 Å². The van der Waals surface area contributed by atoms with Crippen LogP contribution < -0.4 is 4.72 Å². The van der Waals surface area contributed by atoms with Gasteiger partial charge in [-0.2, -0.15) is 13.5 Å². The van der Waals surface area contributed by atoms with Crippen molar-refractivity contribution in [3.8, 4) is 16.3 Å². The Balaban J connectivity index is 1.69. The molecule has 4 aromatic rings. The number of benzene rings is 2. The molecule has 2 heterocycles. The Morgan fingerprint density at radius 3 is 2.47 bits per heavy atom. The first-order valence-corrected chi connectivity index (χ1v) is 10.8. The van der Waals surface area contributed by atoms with Crippen LogP contribution in [0.15, 0.2) is 71.1 Å². The molecule has 2 aromatic carbocycles. The summed E-state index contributed by atoms with van der Waals surface area (Å²) in [6.45, 7) is 0. The Morgan fingerprint density at radius 1 is 1.10 bits per heavy atom. The Bertz CT molecular complexity index is 1320. The summed E-state index contributed by atoms with van der Waals surface area (Å²) in [5.41, 5.74) is 0.736. The van der Waals surface area contributed by atoms with Crippen LogP contribution in [-0.2, 0) is 10.0 Å². The maximum atomic E-state index is 13.1. The van der Waals surface area contributed by atoms with E-state index in [0.29, 0.717) is 16.3 Å². The lowest BCUT2D eigenvalue weighted by atomic mass is 10.2. The van der Waals surface area contributed by atoms with Crippen molar-refractivity contribution in [2.24, 2.45) is 0 Å². The molecule has 0 saturated carbocycles. The van der Waals surface area contributed by atoms with Crippen LogP contribution in [0.25, 0.3) is 16.3 Å². The number of hydrogen-bond donors (Lipinski definition) is 2. The highest BCUT2D eigenvalue weighted by atomic mass is 32.2. The lowest BCUT2D eigenvalue weighted by Gasteiger charge is -2.09. The van der Waals surface area contributed by atoms with Gasteiger partial charge in [-0.1, -0.05) is 18.2 Å². The number of nitrogens with zero attached hydrogens (tertiary/aromatic N) is 3. The number of halogens is 1. The number of para-hydroxylation sites is 1. The Hall–Kier alpha value is -3.57. The summed E-state index contributed by atoms with van der Waals surface area (Å²) >= 11 is 1.09. The summed E-state index contributed by atoms with van der Waals surface area (Å²) in [4.78, 5) is 15.4. The average Bonchev–Trinajstić information content (AvgIpc) is 3.37. The summed E-state index contributed by atoms with van der Waals surface area (Å²) < 4.78 is 42.3. The number of hydrogen-bond acceptors (Lipinski definition) is 6. The van der Waals surface area contributed by atoms with E-state index in [-0.39, 0.29) is 16.5 Å². The molecule has 0 saturated heterocycles. The molecule has 0 aliphatic carbocycles. The number of anilines is 1. The smallest absolute Gasteiger partial charge is 0.356 e. The van der Waals surface area contributed by atoms with E-state index in [0.717, 1.165) is 17.4 Å². The van der Waals surface area contributed by atoms with E-state index in [2.05, 4.69) is 14.8 Å². The normalized spacial score (nSPS) is 11.4. The summed E-state index contributed by atoms with van der Waals surface area (Å²) in [6, 6.07) is 15.2. The SMILES string of the molecule is O=C(O)c1cc(NS(=O)(=O)c2csc(-c3ccc(F)cc3)n2)n(-c2ccccc2)n1. The number of thiazole rings is 1. The van der Waals surface area contributed by atoms with Gasteiger partial charge in [-0.25, -0.2) is 18.9 Å². The molecule has 8 nitrogen and oxygen atoms in total. The fourth-order valence-corrected chi connectivity index (χ4v) is 4.76. The number of nitrogens with one attached hydrogen (secondary N) is 1. The van der Waals surface area contributed by atoms with Gasteiger partial charge in [-0.05, 0) is 36.4 Å². The van der Waals surface area contributed by atoms with Gasteiger partial charge in [0, 0.05) is 17.0 Å². The monoisotopic (exact) mass is 444 g/mol. The molecule has 4 rings (SSSR count). The number of carboxylic acids is 1. The fourth-order valence-electron chi connectivity index (χ4n) is 2.62. The molecule has 0 unspecified atom stereocenters. The minimum atomic E-state index is -4.13. The standard InChI is InChI=1S/C19H13FN4O4S2/c20-13-8-6-12(7-9-13)18-21-17(11-29-18)30(27,28)23-16-10-15(19(25)26)22-24(16)14-4-2-1-3-5-14/h1-11,23H,(H,25,26). The van der Waals surface area contributed by atoms with Gasteiger partial charge in [0.05, 0.1) is 5.69 Å². The van der Waals surface area contributed by atoms with Gasteiger partial charge in [0.2, 0.25) is 0 Å². The Kier molecular flexibility index (Phi) is 5.06. The van der Waals surface area contributed by atoms with Crippen LogP contribution in [0.4, 0.5) is 10.2 Å². The maximum absolute atomic E-state index is 13.1. The molecule has 0 radical (unpaired) electrons. The predicted octanol–water partition coefficient (Wildman–Crippen LogP) is 3.63. The van der Waals surface area contributed by atoms with Crippen LogP contribution >= 0.6 is 11.3 Å². The largest absolute Gasteiger partial charge is 0.476 e. The zero-order chi connectivity index (χ0) is 21.3. The fraction of sp³-hybridized carbons (Fsp3) is 0. The minimum absolute atomic E-state index is 0.0464. The molecule has 0 bridgehead atoms. The summed E-state index contributed by atoms with van der Waals surface area (Å²) in [6.07, 6.45) is 0. The van der Waals surface area contributed by atoms with Gasteiger partial charge >= 0.3 is 5.97 Å². The van der Waals surface area contributed by atoms with Gasteiger partial charge in [0.1, 0.15) is 16.6 Å². The maximum Gasteiger partial charge on any atom is 0.356 e. The second kappa shape index (κ2) is 7.69. The molecule has 11 heteroatoms. The first kappa shape index (κ1) is 19.7. The highest BCUT2D eigenvalue weighted by molar-refractivity contribution is 7.92. The highest BCUT2D eigenvalue weighted by Gasteiger charge is 2.23. The molecular weight excluding hydrogens is 431 g/mol. The molecule has 0 fully saturated rings. The molecule has 0 spiro atoms. The lowest BCUT2D eigenvalue weighted by Crippen LogP contribution is -2.16. The van der Waals surface area contributed by atoms with Crippen molar-refractivity contribution < 1.29 is 22.7 Å². The second-order valence-corrected chi connectivity index (χ2v) is 8.56. The molecular formula is C19H13FN4O4S2. The van der Waals surface area contributed by atoms with Crippen molar-refractivity contribution in [3.63, 3.8) is 0 Å². The Morgan fingerprint density at radius 2 is 1.80 bits per heavy atom. The molecule has 0 aliphatic heterocycles. The van der Waals surface area contributed by atoms with Crippen LogP contribution in [0.1, 0.15) is 10.5 Å². The lowest BCUT2D eigenvalue weighted by molar-refractivity contribution is 0.0690. The van der Waals surface area contributed by atoms with E-state index in [1.165, 1.54) is 34.3 Å². The Labute approximate surface area is 174 Å². The van der Waals surface area contributed by atoms with Crippen molar-refractivity contribution in [3.05, 3.63) is 77.6 Å². The minimum Gasteiger partial charge on any atom is -0.476 e. The van der Waals surface area contributed by atoms with Crippen molar-refractivity contribution in [1.29, 1.82) is 0 Å². The van der Waals surface area contributed by atoms with Crippen molar-refractivity contribution in [2.45, 2.75) is 5.03 Å². The van der Waals surface area contributed by atoms with E-state index in [1.807, 2.05) is 0 Å². The number of aromatic nitrogens is 3. The quantitative estimate of drug-likeness (QED) is 0.469. The summed E-state index contributed by atoms with van der Waals surface area (Å²) in [5, 5.41) is 14.7. The number of sulfonamides is 1. The number of rotatable bonds is 6. The highest BCUT2D eigenvalue weighted by Crippen LogP contribution is 2.27. The van der Waals surface area contributed by atoms with E-state index < -0.39 is 21.8 Å². The molecule has 2 N–H and O–H groups in total. The van der Waals surface area contributed by atoms with Crippen molar-refractivity contribution in [1.82, 2.24) is 14.8 Å². The van der Waals surface area contributed by atoms with Crippen LogP contribution in [0.2, 0.25) is 0 Å². The first-order valence-electron chi connectivity index (χ1n) is 8.46. The molecule has 0 atom stereocenters. The molecule has 2 aromatic heterocycles. The first-order chi connectivity index (χ1) is 14.3. The van der Waals surface area contributed by atoms with Gasteiger partial charge < -0.3 is 5.11 Å². The van der Waals surface area contributed by atoms with E-state index >= 15 is 0 Å². The molecule has 152 valence electrons. The summed E-state index contributed by atoms with van der Waals surface area (Å²) in [5.74, 6) is -1.75. The summed E-state index contributed by atoms with van der Waals surface area (Å²) in [7, 11) is -4.13. The number of carbonyl (C=O) groups is 1. The number of aromatic carboxylic acids is 1. The zero-order valence-electron chi connectivity index (χ0n) is 15.1. The van der Waals surface area contributed by atoms with Gasteiger partial charge in [-0.3, -0.25) is 4.72 Å². The third kappa shape index (κ3) is 3.93. The van der Waals surface area contributed by atoms with E-state index in [1.54, 1.807) is 30.3 Å². The van der Waals surface area contributed by atoms with E-state index in [4.69, 9.17) is 0 Å².